The summed E-state index contributed by atoms with van der Waals surface area (Å²) in [5, 5.41) is 18.0. The molecule has 0 aromatic heterocycles. The van der Waals surface area contributed by atoms with Crippen LogP contribution in [0.25, 0.3) is 0 Å². The summed E-state index contributed by atoms with van der Waals surface area (Å²) in [5.41, 5.74) is 0.354. The average molecular weight is 187 g/mol. The third-order valence-corrected chi connectivity index (χ3v) is 1.92. The highest BCUT2D eigenvalue weighted by atomic mass is 35.5. The highest BCUT2D eigenvalue weighted by Gasteiger charge is 2.11. The number of carbonyl (C=O) groups is 1. The van der Waals surface area contributed by atoms with E-state index in [4.69, 9.17) is 16.7 Å². The van der Waals surface area contributed by atoms with Crippen molar-refractivity contribution in [2.24, 2.45) is 0 Å². The van der Waals surface area contributed by atoms with Crippen LogP contribution in [0.5, 0.6) is 5.75 Å². The molecule has 64 valence electrons. The van der Waals surface area contributed by atoms with Crippen LogP contribution in [0, 0.1) is 6.92 Å². The number of halogens is 1. The predicted octanol–water partition coefficient (Wildman–Crippen LogP) is 2.05. The molecule has 0 fully saturated rings. The Hall–Kier alpha value is -1.22. The molecule has 1 aromatic rings. The minimum atomic E-state index is -1.07. The molecule has 0 aliphatic heterocycles. The fraction of sp³-hybridized carbons (Fsp3) is 0.125. The van der Waals surface area contributed by atoms with Crippen LogP contribution in [0.3, 0.4) is 0 Å². The second-order valence-electron chi connectivity index (χ2n) is 2.37. The van der Waals surface area contributed by atoms with Gasteiger partial charge in [0.15, 0.2) is 0 Å². The molecule has 0 bridgehead atoms. The maximum absolute atomic E-state index is 10.5. The Labute approximate surface area is 74.2 Å². The van der Waals surface area contributed by atoms with E-state index in [1.807, 2.05) is 0 Å². The Morgan fingerprint density at radius 1 is 1.50 bits per heavy atom. The summed E-state index contributed by atoms with van der Waals surface area (Å²) in [6.45, 7) is 1.50. The lowest BCUT2D eigenvalue weighted by Gasteiger charge is -2.03. The van der Waals surface area contributed by atoms with Crippen LogP contribution in [0.15, 0.2) is 12.1 Å². The van der Waals surface area contributed by atoms with Gasteiger partial charge in [0.2, 0.25) is 0 Å². The SMILES string of the molecule is Cc1c(C(=O)O)ccc(Cl)c1O. The van der Waals surface area contributed by atoms with Gasteiger partial charge in [0.25, 0.3) is 0 Å². The highest BCUT2D eigenvalue weighted by Crippen LogP contribution is 2.28. The number of rotatable bonds is 1. The average Bonchev–Trinajstić information content (AvgIpc) is 2.00. The minimum Gasteiger partial charge on any atom is -0.506 e. The van der Waals surface area contributed by atoms with Crippen LogP contribution in [-0.2, 0) is 0 Å². The zero-order valence-corrected chi connectivity index (χ0v) is 7.09. The summed E-state index contributed by atoms with van der Waals surface area (Å²) in [7, 11) is 0. The van der Waals surface area contributed by atoms with Crippen molar-refractivity contribution in [1.29, 1.82) is 0 Å². The monoisotopic (exact) mass is 186 g/mol. The lowest BCUT2D eigenvalue weighted by atomic mass is 10.1. The van der Waals surface area contributed by atoms with Crippen LogP contribution in [0.2, 0.25) is 5.02 Å². The van der Waals surface area contributed by atoms with Gasteiger partial charge in [-0.2, -0.15) is 0 Å². The van der Waals surface area contributed by atoms with Crippen LogP contribution in [0.4, 0.5) is 0 Å². The molecule has 1 aromatic carbocycles. The second kappa shape index (κ2) is 3.03. The number of phenols is 1. The van der Waals surface area contributed by atoms with Crippen molar-refractivity contribution in [3.63, 3.8) is 0 Å². The van der Waals surface area contributed by atoms with E-state index in [-0.39, 0.29) is 21.9 Å². The third-order valence-electron chi connectivity index (χ3n) is 1.61. The zero-order valence-electron chi connectivity index (χ0n) is 6.34. The molecular formula is C8H7ClO3. The maximum atomic E-state index is 10.5. The Morgan fingerprint density at radius 2 is 2.08 bits per heavy atom. The van der Waals surface area contributed by atoms with Crippen molar-refractivity contribution < 1.29 is 15.0 Å². The van der Waals surface area contributed by atoms with Crippen molar-refractivity contribution in [2.75, 3.05) is 0 Å². The Bertz CT molecular complexity index is 333. The van der Waals surface area contributed by atoms with Gasteiger partial charge < -0.3 is 10.2 Å². The van der Waals surface area contributed by atoms with Gasteiger partial charge in [0.05, 0.1) is 10.6 Å². The molecule has 0 amide bonds. The lowest BCUT2D eigenvalue weighted by Crippen LogP contribution is -1.99. The molecule has 12 heavy (non-hydrogen) atoms. The van der Waals surface area contributed by atoms with E-state index in [0.29, 0.717) is 0 Å². The first-order valence-corrected chi connectivity index (χ1v) is 3.63. The molecule has 0 spiro atoms. The molecule has 3 nitrogen and oxygen atoms in total. The van der Waals surface area contributed by atoms with Gasteiger partial charge >= 0.3 is 5.97 Å². The van der Waals surface area contributed by atoms with Crippen molar-refractivity contribution >= 4 is 17.6 Å². The van der Waals surface area contributed by atoms with Gasteiger partial charge in [-0.3, -0.25) is 0 Å². The van der Waals surface area contributed by atoms with Crippen LogP contribution < -0.4 is 0 Å². The largest absolute Gasteiger partial charge is 0.506 e. The summed E-state index contributed by atoms with van der Waals surface area (Å²) in [6, 6.07) is 2.72. The van der Waals surface area contributed by atoms with Gasteiger partial charge in [-0.1, -0.05) is 11.6 Å². The molecule has 0 unspecified atom stereocenters. The van der Waals surface area contributed by atoms with Crippen LogP contribution in [0.1, 0.15) is 15.9 Å². The number of carboxylic acid groups (broad SMARTS) is 1. The van der Waals surface area contributed by atoms with Gasteiger partial charge in [-0.25, -0.2) is 4.79 Å². The fourth-order valence-corrected chi connectivity index (χ4v) is 1.10. The fourth-order valence-electron chi connectivity index (χ4n) is 0.899. The lowest BCUT2D eigenvalue weighted by molar-refractivity contribution is 0.0695. The van der Waals surface area contributed by atoms with E-state index >= 15 is 0 Å². The Morgan fingerprint density at radius 3 is 2.58 bits per heavy atom. The molecule has 0 saturated heterocycles. The zero-order chi connectivity index (χ0) is 9.30. The molecule has 0 radical (unpaired) electrons. The number of aromatic carboxylic acids is 1. The first kappa shape index (κ1) is 8.87. The molecule has 0 aliphatic carbocycles. The Kier molecular flexibility index (Phi) is 2.24. The van der Waals surface area contributed by atoms with E-state index in [1.54, 1.807) is 0 Å². The minimum absolute atomic E-state index is 0.0666. The normalized spacial score (nSPS) is 9.83. The number of phenolic OH excluding ortho intramolecular Hbond substituents is 1. The number of hydrogen-bond donors (Lipinski definition) is 2. The van der Waals surface area contributed by atoms with Crippen molar-refractivity contribution in [1.82, 2.24) is 0 Å². The summed E-state index contributed by atoms with van der Waals surface area (Å²) in [5.74, 6) is -1.24. The van der Waals surface area contributed by atoms with Crippen molar-refractivity contribution in [2.45, 2.75) is 6.92 Å². The van der Waals surface area contributed by atoms with Crippen LogP contribution >= 0.6 is 11.6 Å². The third kappa shape index (κ3) is 1.36. The van der Waals surface area contributed by atoms with Crippen LogP contribution in [-0.4, -0.2) is 16.2 Å². The quantitative estimate of drug-likeness (QED) is 0.706. The summed E-state index contributed by atoms with van der Waals surface area (Å²) < 4.78 is 0. The van der Waals surface area contributed by atoms with Crippen molar-refractivity contribution in [3.8, 4) is 5.75 Å². The molecule has 0 atom stereocenters. The summed E-state index contributed by atoms with van der Waals surface area (Å²) >= 11 is 5.55. The highest BCUT2D eigenvalue weighted by molar-refractivity contribution is 6.32. The smallest absolute Gasteiger partial charge is 0.336 e. The number of hydrogen-bond acceptors (Lipinski definition) is 2. The molecule has 0 heterocycles. The van der Waals surface area contributed by atoms with Gasteiger partial charge in [-0.05, 0) is 19.1 Å². The van der Waals surface area contributed by atoms with E-state index in [1.165, 1.54) is 19.1 Å². The molecule has 0 saturated carbocycles. The molecular weight excluding hydrogens is 180 g/mol. The molecule has 1 rings (SSSR count). The molecule has 4 heteroatoms. The Balaban J connectivity index is 3.36. The van der Waals surface area contributed by atoms with E-state index < -0.39 is 5.97 Å². The maximum Gasteiger partial charge on any atom is 0.336 e. The van der Waals surface area contributed by atoms with Crippen molar-refractivity contribution in [3.05, 3.63) is 28.3 Å². The van der Waals surface area contributed by atoms with E-state index in [9.17, 15) is 9.90 Å². The first-order valence-electron chi connectivity index (χ1n) is 3.25. The number of carboxylic acids is 1. The number of benzene rings is 1. The van der Waals surface area contributed by atoms with Gasteiger partial charge in [0.1, 0.15) is 5.75 Å². The molecule has 2 N–H and O–H groups in total. The van der Waals surface area contributed by atoms with Gasteiger partial charge in [0, 0.05) is 5.56 Å². The molecule has 0 aliphatic rings. The standard InChI is InChI=1S/C8H7ClO3/c1-4-5(8(11)12)2-3-6(9)7(4)10/h2-3,10H,1H3,(H,11,12). The summed E-state index contributed by atoms with van der Waals surface area (Å²) in [4.78, 5) is 10.5. The predicted molar refractivity (Wildman–Crippen MR) is 44.8 cm³/mol. The topological polar surface area (TPSA) is 57.5 Å². The van der Waals surface area contributed by atoms with E-state index in [0.717, 1.165) is 0 Å². The second-order valence-corrected chi connectivity index (χ2v) is 2.78. The summed E-state index contributed by atoms with van der Waals surface area (Å²) in [6.07, 6.45) is 0. The van der Waals surface area contributed by atoms with Gasteiger partial charge in [-0.15, -0.1) is 0 Å². The van der Waals surface area contributed by atoms with E-state index in [2.05, 4.69) is 0 Å². The first-order chi connectivity index (χ1) is 5.54. The number of aromatic hydroxyl groups is 1.